The second kappa shape index (κ2) is 6.91. The highest BCUT2D eigenvalue weighted by Crippen LogP contribution is 2.55. The van der Waals surface area contributed by atoms with Gasteiger partial charge in [0.05, 0.1) is 27.8 Å². The van der Waals surface area contributed by atoms with Gasteiger partial charge in [0.15, 0.2) is 0 Å². The molecule has 1 aliphatic carbocycles. The molecule has 0 spiro atoms. The predicted octanol–water partition coefficient (Wildman–Crippen LogP) is 8.76. The van der Waals surface area contributed by atoms with E-state index >= 15 is 0 Å². The standard InChI is InChI=1S/C37H26N4/c1-37(2)26-16-8-6-13-22(26)35-33(37)25-19-20-29-32-31-24(15-10-18-28(31)41(29)38)30-23-14-7-9-17-27(23)39(21-11-4-3-5-12-21)36(30)40(35)34(25)32/h3-20H,38H2,1-2H3. The van der Waals surface area contributed by atoms with Gasteiger partial charge in [0.1, 0.15) is 5.65 Å². The molecule has 0 atom stereocenters. The number of hydrogen-bond acceptors (Lipinski definition) is 1. The summed E-state index contributed by atoms with van der Waals surface area (Å²) in [4.78, 5) is 0. The van der Waals surface area contributed by atoms with E-state index in [-0.39, 0.29) is 5.41 Å². The molecule has 0 aliphatic heterocycles. The van der Waals surface area contributed by atoms with Gasteiger partial charge < -0.3 is 5.84 Å². The minimum absolute atomic E-state index is 0.143. The second-order valence-corrected chi connectivity index (χ2v) is 12.0. The Balaban J connectivity index is 1.66. The Morgan fingerprint density at radius 1 is 0.585 bits per heavy atom. The van der Waals surface area contributed by atoms with E-state index in [1.54, 1.807) is 0 Å². The molecule has 0 unspecified atom stereocenters. The van der Waals surface area contributed by atoms with Crippen molar-refractivity contribution in [3.8, 4) is 16.9 Å². The topological polar surface area (TPSA) is 40.3 Å². The van der Waals surface area contributed by atoms with Crippen LogP contribution in [0.1, 0.15) is 25.0 Å². The van der Waals surface area contributed by atoms with Crippen molar-refractivity contribution in [3.63, 3.8) is 0 Å². The largest absolute Gasteiger partial charge is 0.339 e. The fourth-order valence-electron chi connectivity index (χ4n) is 8.17. The number of nitrogen functional groups attached to an aromatic ring is 1. The summed E-state index contributed by atoms with van der Waals surface area (Å²) in [6.45, 7) is 4.76. The van der Waals surface area contributed by atoms with Gasteiger partial charge in [0.2, 0.25) is 0 Å². The smallest absolute Gasteiger partial charge is 0.131 e. The van der Waals surface area contributed by atoms with Crippen LogP contribution >= 0.6 is 0 Å². The molecule has 4 nitrogen and oxygen atoms in total. The molecule has 1 aliphatic rings. The molecule has 0 amide bonds. The molecule has 4 heteroatoms. The summed E-state index contributed by atoms with van der Waals surface area (Å²) in [6.07, 6.45) is 0. The van der Waals surface area contributed by atoms with Crippen LogP contribution in [0.15, 0.2) is 109 Å². The van der Waals surface area contributed by atoms with E-state index in [0.717, 1.165) is 16.7 Å². The first-order valence-corrected chi connectivity index (χ1v) is 14.3. The summed E-state index contributed by atoms with van der Waals surface area (Å²) in [5, 5.41) is 7.49. The van der Waals surface area contributed by atoms with Crippen LogP contribution in [0, 0.1) is 0 Å². The van der Waals surface area contributed by atoms with E-state index in [0.29, 0.717) is 0 Å². The minimum Gasteiger partial charge on any atom is -0.339 e. The third kappa shape index (κ3) is 2.29. The van der Waals surface area contributed by atoms with Crippen molar-refractivity contribution in [3.05, 3.63) is 120 Å². The number of para-hydroxylation sites is 2. The molecule has 4 aromatic heterocycles. The summed E-state index contributed by atoms with van der Waals surface area (Å²) in [7, 11) is 0. The van der Waals surface area contributed by atoms with Crippen molar-refractivity contribution < 1.29 is 0 Å². The van der Waals surface area contributed by atoms with Crippen molar-refractivity contribution >= 4 is 60.0 Å². The average molecular weight is 527 g/mol. The van der Waals surface area contributed by atoms with E-state index in [4.69, 9.17) is 5.84 Å². The van der Waals surface area contributed by atoms with E-state index in [1.165, 1.54) is 71.4 Å². The molecule has 0 saturated carbocycles. The molecule has 0 saturated heterocycles. The van der Waals surface area contributed by atoms with Crippen LogP contribution in [-0.4, -0.2) is 13.6 Å². The van der Waals surface area contributed by atoms with Crippen molar-refractivity contribution in [1.82, 2.24) is 13.6 Å². The molecule has 4 heterocycles. The lowest BCUT2D eigenvalue weighted by molar-refractivity contribution is 0.666. The lowest BCUT2D eigenvalue weighted by Crippen LogP contribution is -2.14. The maximum atomic E-state index is 6.86. The fourth-order valence-corrected chi connectivity index (χ4v) is 8.17. The van der Waals surface area contributed by atoms with Gasteiger partial charge in [-0.25, -0.2) is 0 Å². The van der Waals surface area contributed by atoms with Crippen molar-refractivity contribution in [2.75, 3.05) is 5.84 Å². The monoisotopic (exact) mass is 526 g/mol. The number of benzene rings is 5. The Kier molecular flexibility index (Phi) is 3.64. The molecule has 194 valence electrons. The summed E-state index contributed by atoms with van der Waals surface area (Å²) >= 11 is 0. The lowest BCUT2D eigenvalue weighted by Gasteiger charge is -2.21. The molecule has 10 rings (SSSR count). The van der Waals surface area contributed by atoms with Crippen molar-refractivity contribution in [1.29, 1.82) is 0 Å². The quantitative estimate of drug-likeness (QED) is 0.213. The molecule has 5 aromatic carbocycles. The van der Waals surface area contributed by atoms with Crippen molar-refractivity contribution in [2.45, 2.75) is 19.3 Å². The van der Waals surface area contributed by atoms with Gasteiger partial charge in [-0.3, -0.25) is 13.6 Å². The number of nitrogens with two attached hydrogens (primary N) is 1. The van der Waals surface area contributed by atoms with Gasteiger partial charge in [-0.15, -0.1) is 0 Å². The highest BCUT2D eigenvalue weighted by molar-refractivity contribution is 6.34. The predicted molar refractivity (Wildman–Crippen MR) is 171 cm³/mol. The SMILES string of the molecule is CC1(C)c2ccccc2-c2c1c1ccc3c4c5c(cccc5n3N)c3c5ccccc5n(-c5ccccc5)c3n2c14. The van der Waals surface area contributed by atoms with Crippen LogP contribution in [0.3, 0.4) is 0 Å². The molecule has 41 heavy (non-hydrogen) atoms. The first kappa shape index (κ1) is 21.6. The lowest BCUT2D eigenvalue weighted by atomic mass is 9.81. The number of rotatable bonds is 1. The molecule has 0 bridgehead atoms. The van der Waals surface area contributed by atoms with Gasteiger partial charge in [-0.05, 0) is 46.8 Å². The Hall–Kier alpha value is -5.22. The number of nitrogens with zero attached hydrogens (tertiary/aromatic N) is 3. The zero-order valence-electron chi connectivity index (χ0n) is 22.8. The van der Waals surface area contributed by atoms with E-state index in [1.807, 2.05) is 4.68 Å². The number of hydrogen-bond donors (Lipinski definition) is 1. The Labute approximate surface area is 235 Å². The average Bonchev–Trinajstić information content (AvgIpc) is 3.66. The highest BCUT2D eigenvalue weighted by Gasteiger charge is 2.41. The minimum atomic E-state index is -0.143. The van der Waals surface area contributed by atoms with Gasteiger partial charge in [-0.1, -0.05) is 92.7 Å². The van der Waals surface area contributed by atoms with E-state index in [9.17, 15) is 0 Å². The van der Waals surface area contributed by atoms with Gasteiger partial charge in [-0.2, -0.15) is 0 Å². The fraction of sp³-hybridized carbons (Fsp3) is 0.0811. The summed E-state index contributed by atoms with van der Waals surface area (Å²) in [5.41, 5.74) is 12.1. The summed E-state index contributed by atoms with van der Waals surface area (Å²) in [6, 6.07) is 39.7. The molecular weight excluding hydrogens is 500 g/mol. The Bertz CT molecular complexity index is 2550. The second-order valence-electron chi connectivity index (χ2n) is 12.0. The first-order valence-electron chi connectivity index (χ1n) is 14.3. The van der Waals surface area contributed by atoms with Crippen LogP contribution < -0.4 is 5.84 Å². The van der Waals surface area contributed by atoms with Crippen LogP contribution in [-0.2, 0) is 5.41 Å². The van der Waals surface area contributed by atoms with Gasteiger partial charge in [0.25, 0.3) is 0 Å². The van der Waals surface area contributed by atoms with E-state index < -0.39 is 0 Å². The molecule has 0 radical (unpaired) electrons. The van der Waals surface area contributed by atoms with Crippen LogP contribution in [0.2, 0.25) is 0 Å². The van der Waals surface area contributed by atoms with Crippen LogP contribution in [0.25, 0.3) is 77.0 Å². The molecule has 2 N–H and O–H groups in total. The van der Waals surface area contributed by atoms with Gasteiger partial charge >= 0.3 is 0 Å². The van der Waals surface area contributed by atoms with Crippen molar-refractivity contribution in [2.24, 2.45) is 0 Å². The maximum Gasteiger partial charge on any atom is 0.131 e. The summed E-state index contributed by atoms with van der Waals surface area (Å²) in [5.74, 6) is 6.86. The maximum absolute atomic E-state index is 6.86. The Morgan fingerprint density at radius 2 is 1.29 bits per heavy atom. The van der Waals surface area contributed by atoms with Crippen LogP contribution in [0.5, 0.6) is 0 Å². The normalized spacial score (nSPS) is 14.4. The zero-order chi connectivity index (χ0) is 27.2. The van der Waals surface area contributed by atoms with E-state index in [2.05, 4.69) is 132 Å². The zero-order valence-corrected chi connectivity index (χ0v) is 22.8. The molecule has 9 aromatic rings. The first-order chi connectivity index (χ1) is 20.1. The Morgan fingerprint density at radius 3 is 2.17 bits per heavy atom. The summed E-state index contributed by atoms with van der Waals surface area (Å²) < 4.78 is 6.94. The number of aromatic nitrogens is 3. The number of fused-ring (bicyclic) bond motifs is 10. The third-order valence-electron chi connectivity index (χ3n) is 9.75. The third-order valence-corrected chi connectivity index (χ3v) is 9.75. The van der Waals surface area contributed by atoms with Gasteiger partial charge in [0, 0.05) is 43.6 Å². The molecule has 0 fully saturated rings. The highest BCUT2D eigenvalue weighted by atomic mass is 15.3. The van der Waals surface area contributed by atoms with Crippen LogP contribution in [0.4, 0.5) is 0 Å². The molecular formula is C37H26N4.